The average Bonchev–Trinajstić information content (AvgIpc) is 2.83. The molecule has 17 heavy (non-hydrogen) atoms. The van der Waals surface area contributed by atoms with Crippen LogP contribution in [-0.2, 0) is 0 Å². The molecule has 1 saturated carbocycles. The second kappa shape index (κ2) is 7.38. The van der Waals surface area contributed by atoms with Crippen LogP contribution in [0.4, 0.5) is 0 Å². The predicted molar refractivity (Wildman–Crippen MR) is 71.9 cm³/mol. The summed E-state index contributed by atoms with van der Waals surface area (Å²) in [6, 6.07) is 0. The second-order valence-electron chi connectivity index (χ2n) is 6.44. The zero-order valence-corrected chi connectivity index (χ0v) is 11.6. The molecule has 1 fully saturated rings. The van der Waals surface area contributed by atoms with E-state index < -0.39 is 0 Å². The van der Waals surface area contributed by atoms with Crippen LogP contribution in [0, 0.1) is 17.3 Å². The van der Waals surface area contributed by atoms with E-state index in [2.05, 4.69) is 13.8 Å². The Bertz CT molecular complexity index is 191. The van der Waals surface area contributed by atoms with Crippen molar-refractivity contribution < 1.29 is 10.2 Å². The summed E-state index contributed by atoms with van der Waals surface area (Å²) in [5.41, 5.74) is -0.215. The Morgan fingerprint density at radius 2 is 1.65 bits per heavy atom. The van der Waals surface area contributed by atoms with E-state index in [-0.39, 0.29) is 18.6 Å². The van der Waals surface area contributed by atoms with Gasteiger partial charge in [-0.1, -0.05) is 46.0 Å². The zero-order chi connectivity index (χ0) is 12.7. The van der Waals surface area contributed by atoms with E-state index in [0.717, 1.165) is 25.2 Å². The van der Waals surface area contributed by atoms with Gasteiger partial charge in [0, 0.05) is 5.41 Å². The van der Waals surface area contributed by atoms with Crippen LogP contribution in [0.2, 0.25) is 0 Å². The van der Waals surface area contributed by atoms with Crippen molar-refractivity contribution in [3.05, 3.63) is 0 Å². The lowest BCUT2D eigenvalue weighted by Gasteiger charge is -2.31. The third kappa shape index (κ3) is 4.97. The molecule has 0 aromatic heterocycles. The summed E-state index contributed by atoms with van der Waals surface area (Å²) in [7, 11) is 0. The van der Waals surface area contributed by atoms with Gasteiger partial charge < -0.3 is 10.2 Å². The highest BCUT2D eigenvalue weighted by molar-refractivity contribution is 4.80. The van der Waals surface area contributed by atoms with Gasteiger partial charge in [-0.2, -0.15) is 0 Å². The first kappa shape index (κ1) is 15.0. The summed E-state index contributed by atoms with van der Waals surface area (Å²) < 4.78 is 0. The Labute approximate surface area is 106 Å². The largest absolute Gasteiger partial charge is 0.396 e. The molecule has 2 N–H and O–H groups in total. The molecule has 0 aliphatic heterocycles. The molecule has 0 bridgehead atoms. The average molecular weight is 242 g/mol. The first-order valence-corrected chi connectivity index (χ1v) is 7.33. The van der Waals surface area contributed by atoms with E-state index in [0.29, 0.717) is 5.92 Å². The molecular weight excluding hydrogens is 212 g/mol. The van der Waals surface area contributed by atoms with E-state index in [9.17, 15) is 10.2 Å². The van der Waals surface area contributed by atoms with Crippen molar-refractivity contribution in [2.75, 3.05) is 13.2 Å². The van der Waals surface area contributed by atoms with Crippen molar-refractivity contribution in [1.29, 1.82) is 0 Å². The third-order valence-electron chi connectivity index (χ3n) is 4.48. The van der Waals surface area contributed by atoms with Crippen molar-refractivity contribution in [3.63, 3.8) is 0 Å². The molecular formula is C15H30O2. The fourth-order valence-corrected chi connectivity index (χ4v) is 2.90. The molecule has 102 valence electrons. The van der Waals surface area contributed by atoms with Crippen LogP contribution in [0.3, 0.4) is 0 Å². The monoisotopic (exact) mass is 242 g/mol. The molecule has 2 nitrogen and oxygen atoms in total. The number of hydrogen-bond acceptors (Lipinski definition) is 2. The molecule has 0 radical (unpaired) electrons. The molecule has 2 heteroatoms. The molecule has 1 aliphatic rings. The van der Waals surface area contributed by atoms with Crippen LogP contribution in [0.25, 0.3) is 0 Å². The summed E-state index contributed by atoms with van der Waals surface area (Å²) in [5, 5.41) is 19.2. The Morgan fingerprint density at radius 3 is 2.12 bits per heavy atom. The highest BCUT2D eigenvalue weighted by atomic mass is 16.3. The molecule has 0 aromatic carbocycles. The van der Waals surface area contributed by atoms with E-state index in [4.69, 9.17) is 0 Å². The van der Waals surface area contributed by atoms with Gasteiger partial charge in [0.15, 0.2) is 0 Å². The normalized spacial score (nSPS) is 18.2. The van der Waals surface area contributed by atoms with E-state index in [1.165, 1.54) is 32.1 Å². The number of aliphatic hydroxyl groups is 2. The highest BCUT2D eigenvalue weighted by Gasteiger charge is 2.30. The fourth-order valence-electron chi connectivity index (χ4n) is 2.90. The van der Waals surface area contributed by atoms with Gasteiger partial charge in [-0.3, -0.25) is 0 Å². The van der Waals surface area contributed by atoms with Crippen LogP contribution in [0.5, 0.6) is 0 Å². The zero-order valence-electron chi connectivity index (χ0n) is 11.6. The number of hydrogen-bond donors (Lipinski definition) is 2. The molecule has 0 amide bonds. The molecule has 0 unspecified atom stereocenters. The minimum absolute atomic E-state index is 0.142. The van der Waals surface area contributed by atoms with Crippen molar-refractivity contribution in [1.82, 2.24) is 0 Å². The van der Waals surface area contributed by atoms with Crippen molar-refractivity contribution >= 4 is 0 Å². The maximum atomic E-state index is 9.60. The molecule has 1 aliphatic carbocycles. The molecule has 0 saturated heterocycles. The first-order valence-electron chi connectivity index (χ1n) is 7.33. The summed E-state index contributed by atoms with van der Waals surface area (Å²) in [4.78, 5) is 0. The number of rotatable bonds is 8. The van der Waals surface area contributed by atoms with Gasteiger partial charge in [-0.25, -0.2) is 0 Å². The maximum absolute atomic E-state index is 9.60. The summed E-state index contributed by atoms with van der Waals surface area (Å²) in [5.74, 6) is 1.51. The van der Waals surface area contributed by atoms with E-state index in [1.54, 1.807) is 0 Å². The quantitative estimate of drug-likeness (QED) is 0.685. The van der Waals surface area contributed by atoms with Crippen LogP contribution >= 0.6 is 0 Å². The minimum Gasteiger partial charge on any atom is -0.396 e. The van der Waals surface area contributed by atoms with Gasteiger partial charge in [0.25, 0.3) is 0 Å². The first-order chi connectivity index (χ1) is 8.12. The van der Waals surface area contributed by atoms with Crippen LogP contribution in [0.15, 0.2) is 0 Å². The van der Waals surface area contributed by atoms with E-state index in [1.807, 2.05) is 0 Å². The lowest BCUT2D eigenvalue weighted by atomic mass is 9.77. The van der Waals surface area contributed by atoms with Gasteiger partial charge in [0.2, 0.25) is 0 Å². The predicted octanol–water partition coefficient (Wildman–Crippen LogP) is 3.36. The van der Waals surface area contributed by atoms with Crippen molar-refractivity contribution in [3.8, 4) is 0 Å². The Balaban J connectivity index is 2.38. The Kier molecular flexibility index (Phi) is 6.50. The molecule has 0 heterocycles. The summed E-state index contributed by atoms with van der Waals surface area (Å²) in [6.45, 7) is 4.69. The summed E-state index contributed by atoms with van der Waals surface area (Å²) in [6.07, 6.45) is 9.73. The molecule has 0 aromatic rings. The number of aliphatic hydroxyl groups excluding tert-OH is 2. The molecule has 1 rings (SSSR count). The minimum atomic E-state index is -0.215. The summed E-state index contributed by atoms with van der Waals surface area (Å²) >= 11 is 0. The van der Waals surface area contributed by atoms with E-state index >= 15 is 0 Å². The topological polar surface area (TPSA) is 40.5 Å². The second-order valence-corrected chi connectivity index (χ2v) is 6.44. The van der Waals surface area contributed by atoms with Gasteiger partial charge in [-0.05, 0) is 31.1 Å². The Hall–Kier alpha value is -0.0800. The van der Waals surface area contributed by atoms with Gasteiger partial charge in [-0.15, -0.1) is 0 Å². The highest BCUT2D eigenvalue weighted by Crippen LogP contribution is 2.36. The smallest absolute Gasteiger partial charge is 0.0509 e. The van der Waals surface area contributed by atoms with Crippen molar-refractivity contribution in [2.24, 2.45) is 17.3 Å². The van der Waals surface area contributed by atoms with Gasteiger partial charge in [0.05, 0.1) is 13.2 Å². The van der Waals surface area contributed by atoms with Crippen LogP contribution < -0.4 is 0 Å². The lowest BCUT2D eigenvalue weighted by molar-refractivity contribution is 0.0303. The third-order valence-corrected chi connectivity index (χ3v) is 4.48. The Morgan fingerprint density at radius 1 is 1.06 bits per heavy atom. The fraction of sp³-hybridized carbons (Fsp3) is 1.00. The molecule has 0 spiro atoms. The SMILES string of the molecule is CC(C)CCC(CO)(CO)CCC1CCCC1. The maximum Gasteiger partial charge on any atom is 0.0509 e. The standard InChI is InChI=1S/C15H30O2/c1-13(2)7-9-15(11-16,12-17)10-8-14-5-3-4-6-14/h13-14,16-17H,3-12H2,1-2H3. The van der Waals surface area contributed by atoms with Crippen molar-refractivity contribution in [2.45, 2.75) is 65.2 Å². The van der Waals surface area contributed by atoms with Gasteiger partial charge >= 0.3 is 0 Å². The van der Waals surface area contributed by atoms with Crippen LogP contribution in [-0.4, -0.2) is 23.4 Å². The molecule has 0 atom stereocenters. The lowest BCUT2D eigenvalue weighted by Crippen LogP contribution is -2.31. The van der Waals surface area contributed by atoms with Gasteiger partial charge in [0.1, 0.15) is 0 Å². The van der Waals surface area contributed by atoms with Crippen LogP contribution in [0.1, 0.15) is 65.2 Å².